The maximum absolute atomic E-state index is 10.7. The summed E-state index contributed by atoms with van der Waals surface area (Å²) in [5.41, 5.74) is 2.60. The minimum atomic E-state index is -0.874. The molecule has 2 aromatic heterocycles. The number of hydrogen-bond donors (Lipinski definition) is 2. The molecule has 13 heavy (non-hydrogen) atoms. The number of rotatable bonds is 2. The van der Waals surface area contributed by atoms with Gasteiger partial charge in [-0.05, 0) is 0 Å². The van der Waals surface area contributed by atoms with Gasteiger partial charge in [-0.1, -0.05) is 0 Å². The average molecular weight is 242 g/mol. The van der Waals surface area contributed by atoms with E-state index in [2.05, 4.69) is 16.8 Å². The summed E-state index contributed by atoms with van der Waals surface area (Å²) >= 11 is 0.324. The van der Waals surface area contributed by atoms with Crippen LogP contribution in [0, 0.1) is 0 Å². The van der Waals surface area contributed by atoms with Crippen molar-refractivity contribution in [3.63, 3.8) is 0 Å². The van der Waals surface area contributed by atoms with E-state index in [1.807, 2.05) is 0 Å². The van der Waals surface area contributed by atoms with E-state index in [-0.39, 0.29) is 0 Å². The van der Waals surface area contributed by atoms with Crippen molar-refractivity contribution in [2.75, 3.05) is 0 Å². The molecule has 3 nitrogen and oxygen atoms in total. The normalized spacial score (nSPS) is 10.8. The van der Waals surface area contributed by atoms with E-state index in [0.29, 0.717) is 20.2 Å². The van der Waals surface area contributed by atoms with Crippen molar-refractivity contribution in [3.8, 4) is 0 Å². The van der Waals surface area contributed by atoms with Gasteiger partial charge in [-0.2, -0.15) is 0 Å². The summed E-state index contributed by atoms with van der Waals surface area (Å²) in [5, 5.41) is 8.76. The Morgan fingerprint density at radius 3 is 3.08 bits per heavy atom. The zero-order valence-electron chi connectivity index (χ0n) is 7.13. The van der Waals surface area contributed by atoms with Gasteiger partial charge in [0, 0.05) is 0 Å². The molecule has 0 saturated heterocycles. The molecule has 0 aliphatic carbocycles. The number of nitrogens with one attached hydrogen (secondary N) is 1. The van der Waals surface area contributed by atoms with Gasteiger partial charge in [-0.3, -0.25) is 0 Å². The monoisotopic (exact) mass is 243 g/mol. The van der Waals surface area contributed by atoms with E-state index in [9.17, 15) is 4.79 Å². The Bertz CT molecular complexity index is 455. The summed E-state index contributed by atoms with van der Waals surface area (Å²) in [7, 11) is 0. The molecule has 0 aliphatic rings. The molecule has 0 saturated carbocycles. The number of aromatic amines is 1. The topological polar surface area (TPSA) is 53.1 Å². The van der Waals surface area contributed by atoms with Crippen molar-refractivity contribution in [2.45, 2.75) is 13.3 Å². The van der Waals surface area contributed by atoms with Crippen LogP contribution in [-0.4, -0.2) is 30.6 Å². The molecule has 68 valence electrons. The number of fused-ring (bicyclic) bond motifs is 1. The Hall–Kier alpha value is -0.991. The first-order chi connectivity index (χ1) is 6.22. The molecule has 2 heterocycles. The van der Waals surface area contributed by atoms with Crippen LogP contribution in [0.3, 0.4) is 0 Å². The summed E-state index contributed by atoms with van der Waals surface area (Å²) in [5.74, 6) is -0.874. The van der Waals surface area contributed by atoms with Gasteiger partial charge in [-0.15, -0.1) is 0 Å². The third-order valence-corrected chi connectivity index (χ3v) is 4.09. The first-order valence-electron chi connectivity index (χ1n) is 4.04. The molecule has 2 aromatic rings. The van der Waals surface area contributed by atoms with Crippen molar-refractivity contribution in [1.82, 2.24) is 4.98 Å². The number of aromatic carboxylic acids is 1. The van der Waals surface area contributed by atoms with E-state index in [1.165, 1.54) is 9.82 Å². The predicted octanol–water partition coefficient (Wildman–Crippen LogP) is 1.49. The molecular formula is C9H9NO2Se. The van der Waals surface area contributed by atoms with Crippen LogP contribution in [0.2, 0.25) is 0 Å². The summed E-state index contributed by atoms with van der Waals surface area (Å²) in [6.45, 7) is 2.08. The van der Waals surface area contributed by atoms with Crippen LogP contribution < -0.4 is 0 Å². The van der Waals surface area contributed by atoms with Crippen LogP contribution in [0.15, 0.2) is 11.0 Å². The average Bonchev–Trinajstić information content (AvgIpc) is 2.60. The molecule has 0 radical (unpaired) electrons. The summed E-state index contributed by atoms with van der Waals surface area (Å²) in [4.78, 5) is 15.8. The van der Waals surface area contributed by atoms with Crippen molar-refractivity contribution in [2.24, 2.45) is 0 Å². The van der Waals surface area contributed by atoms with Crippen LogP contribution in [0.25, 0.3) is 9.78 Å². The third kappa shape index (κ3) is 1.32. The molecule has 2 N–H and O–H groups in total. The summed E-state index contributed by atoms with van der Waals surface area (Å²) in [6.07, 6.45) is 0.967. The molecule has 2 rings (SSSR count). The third-order valence-electron chi connectivity index (χ3n) is 2.04. The standard InChI is InChI=1S/C9H9NO2Se/c1-2-5-4-13-7-3-6(9(11)12)10-8(5)7/h3-4,10H,2H2,1H3,(H,11,12). The Labute approximate surface area is 81.1 Å². The quantitative estimate of drug-likeness (QED) is 0.784. The first-order valence-corrected chi connectivity index (χ1v) is 5.89. The van der Waals surface area contributed by atoms with Crippen molar-refractivity contribution in [3.05, 3.63) is 22.3 Å². The van der Waals surface area contributed by atoms with Crippen molar-refractivity contribution in [1.29, 1.82) is 0 Å². The Morgan fingerprint density at radius 2 is 2.46 bits per heavy atom. The Kier molecular flexibility index (Phi) is 2.02. The van der Waals surface area contributed by atoms with Crippen LogP contribution in [0.5, 0.6) is 0 Å². The maximum atomic E-state index is 10.7. The zero-order chi connectivity index (χ0) is 9.42. The fourth-order valence-corrected chi connectivity index (χ4v) is 3.52. The molecule has 0 atom stereocenters. The number of carboxylic acid groups (broad SMARTS) is 1. The van der Waals surface area contributed by atoms with Gasteiger partial charge in [0.15, 0.2) is 0 Å². The number of aryl methyl sites for hydroxylation is 1. The molecule has 0 aromatic carbocycles. The minimum absolute atomic E-state index is 0.311. The fraction of sp³-hybridized carbons (Fsp3) is 0.222. The molecule has 0 amide bonds. The number of H-pyrrole nitrogens is 1. The second kappa shape index (κ2) is 3.05. The van der Waals surface area contributed by atoms with Gasteiger partial charge < -0.3 is 0 Å². The van der Waals surface area contributed by atoms with Crippen molar-refractivity contribution >= 4 is 30.2 Å². The van der Waals surface area contributed by atoms with Gasteiger partial charge in [0.2, 0.25) is 0 Å². The molecule has 0 aliphatic heterocycles. The Morgan fingerprint density at radius 1 is 1.69 bits per heavy atom. The van der Waals surface area contributed by atoms with E-state index in [0.717, 1.165) is 11.9 Å². The van der Waals surface area contributed by atoms with Crippen LogP contribution in [0.4, 0.5) is 0 Å². The molecule has 0 bridgehead atoms. The SMILES string of the molecule is CCc1c[se]c2cc(C(=O)O)[nH]c12. The summed E-state index contributed by atoms with van der Waals surface area (Å²) in [6, 6.07) is 1.75. The fourth-order valence-electron chi connectivity index (χ4n) is 1.34. The molecular weight excluding hydrogens is 233 g/mol. The number of carbonyl (C=O) groups is 1. The van der Waals surface area contributed by atoms with E-state index in [4.69, 9.17) is 5.11 Å². The van der Waals surface area contributed by atoms with E-state index in [1.54, 1.807) is 6.07 Å². The molecule has 0 spiro atoms. The van der Waals surface area contributed by atoms with E-state index < -0.39 is 5.97 Å². The number of hydrogen-bond acceptors (Lipinski definition) is 1. The van der Waals surface area contributed by atoms with Crippen LogP contribution in [-0.2, 0) is 6.42 Å². The first kappa shape index (κ1) is 8.60. The van der Waals surface area contributed by atoms with Gasteiger partial charge in [-0.25, -0.2) is 0 Å². The van der Waals surface area contributed by atoms with Gasteiger partial charge in [0.1, 0.15) is 0 Å². The van der Waals surface area contributed by atoms with Gasteiger partial charge in [0.25, 0.3) is 0 Å². The second-order valence-electron chi connectivity index (χ2n) is 2.84. The molecule has 4 heteroatoms. The van der Waals surface area contributed by atoms with Gasteiger partial charge >= 0.3 is 80.7 Å². The van der Waals surface area contributed by atoms with Crippen LogP contribution in [0.1, 0.15) is 23.0 Å². The van der Waals surface area contributed by atoms with Crippen molar-refractivity contribution < 1.29 is 9.90 Å². The summed E-state index contributed by atoms with van der Waals surface area (Å²) < 4.78 is 1.17. The zero-order valence-corrected chi connectivity index (χ0v) is 8.84. The second-order valence-corrected chi connectivity index (χ2v) is 4.75. The van der Waals surface area contributed by atoms with Crippen LogP contribution >= 0.6 is 0 Å². The van der Waals surface area contributed by atoms with E-state index >= 15 is 0 Å². The number of carboxylic acids is 1. The molecule has 0 unspecified atom stereocenters. The number of aromatic nitrogens is 1. The molecule has 0 fully saturated rings. The Balaban J connectivity index is 2.63. The predicted molar refractivity (Wildman–Crippen MR) is 51.6 cm³/mol. The van der Waals surface area contributed by atoms with Gasteiger partial charge in [0.05, 0.1) is 0 Å².